The van der Waals surface area contributed by atoms with Crippen molar-refractivity contribution >= 4 is 23.5 Å². The van der Waals surface area contributed by atoms with E-state index in [1.165, 1.54) is 0 Å². The normalized spacial score (nSPS) is 28.0. The zero-order valence-electron chi connectivity index (χ0n) is 12.9. The molecule has 1 aliphatic heterocycles. The third-order valence-electron chi connectivity index (χ3n) is 3.03. The molecular formula is C8H14FN2O13P3. The quantitative estimate of drug-likeness (QED) is 0.265. The van der Waals surface area contributed by atoms with E-state index in [2.05, 4.69) is 18.2 Å². The lowest BCUT2D eigenvalue weighted by atomic mass is 10.2. The number of phosphoric ester groups is 1. The zero-order chi connectivity index (χ0) is 20.6. The molecule has 2 rings (SSSR count). The van der Waals surface area contributed by atoms with Gasteiger partial charge in [-0.15, -0.1) is 0 Å². The summed E-state index contributed by atoms with van der Waals surface area (Å²) in [6.45, 7) is -0.880. The molecular weight excluding hydrogens is 444 g/mol. The van der Waals surface area contributed by atoms with Crippen LogP contribution in [0.15, 0.2) is 11.0 Å². The van der Waals surface area contributed by atoms with Crippen LogP contribution in [0.2, 0.25) is 0 Å². The van der Waals surface area contributed by atoms with Crippen LogP contribution >= 0.6 is 23.5 Å². The molecule has 0 radical (unpaired) electrons. The number of nitrogens with one attached hydrogen (secondary N) is 1. The molecule has 0 amide bonds. The highest BCUT2D eigenvalue weighted by atomic mass is 31.3. The van der Waals surface area contributed by atoms with Gasteiger partial charge >= 0.3 is 23.5 Å². The molecule has 3 unspecified atom stereocenters. The summed E-state index contributed by atoms with van der Waals surface area (Å²) >= 11 is 0. The number of halogens is 1. The van der Waals surface area contributed by atoms with Crippen molar-refractivity contribution in [3.8, 4) is 0 Å². The lowest BCUT2D eigenvalue weighted by molar-refractivity contribution is -0.0476. The van der Waals surface area contributed by atoms with Crippen LogP contribution in [0.3, 0.4) is 0 Å². The number of H-pyrrole nitrogens is 1. The van der Waals surface area contributed by atoms with Crippen LogP contribution in [-0.4, -0.2) is 53.3 Å². The summed E-state index contributed by atoms with van der Waals surface area (Å²) in [5.41, 5.74) is -1.04. The molecule has 1 aliphatic rings. The first kappa shape index (κ1) is 22.6. The molecule has 156 valence electrons. The first-order chi connectivity index (χ1) is 12.2. The summed E-state index contributed by atoms with van der Waals surface area (Å²) < 4.78 is 63.8. The number of aromatic nitrogens is 2. The number of aliphatic hydroxyl groups excluding tert-OH is 1. The summed E-state index contributed by atoms with van der Waals surface area (Å²) in [7, 11) is -16.6. The molecule has 0 aliphatic carbocycles. The SMILES string of the molecule is O=c1[nH]n([C@H]2CC(O)[C@@H](COP(=O)(O)OP(=O)(O)OP(=O)(O)O)O2)cc1F. The molecule has 5 atom stereocenters. The lowest BCUT2D eigenvalue weighted by Gasteiger charge is -2.19. The van der Waals surface area contributed by atoms with Crippen molar-refractivity contribution in [3.05, 3.63) is 22.4 Å². The smallest absolute Gasteiger partial charge is 0.390 e. The fourth-order valence-electron chi connectivity index (χ4n) is 2.05. The Hall–Kier alpha value is -0.730. The standard InChI is InChI=1S/C8H14FN2O13P3/c9-4-2-11(10-8(4)13)7-1-5(12)6(22-7)3-21-26(17,18)24-27(19,20)23-25(14,15)16/h2,5-7,12H,1,3H2,(H,10,13)(H,17,18)(H,19,20)(H2,14,15,16)/t5?,6-,7-/m1/s1. The number of ether oxygens (including phenoxy) is 1. The number of phosphoric acid groups is 3. The molecule has 0 spiro atoms. The van der Waals surface area contributed by atoms with E-state index in [1.54, 1.807) is 0 Å². The highest BCUT2D eigenvalue weighted by molar-refractivity contribution is 7.66. The topological polar surface area (TPSA) is 227 Å². The van der Waals surface area contributed by atoms with Gasteiger partial charge in [-0.1, -0.05) is 0 Å². The second-order valence-electron chi connectivity index (χ2n) is 5.14. The van der Waals surface area contributed by atoms with Gasteiger partial charge in [0, 0.05) is 6.42 Å². The van der Waals surface area contributed by atoms with Crippen LogP contribution in [-0.2, 0) is 31.6 Å². The van der Waals surface area contributed by atoms with Crippen molar-refractivity contribution in [2.24, 2.45) is 0 Å². The largest absolute Gasteiger partial charge is 0.490 e. The Labute approximate surface area is 148 Å². The monoisotopic (exact) mass is 458 g/mol. The van der Waals surface area contributed by atoms with Crippen LogP contribution in [0.1, 0.15) is 12.6 Å². The van der Waals surface area contributed by atoms with Crippen molar-refractivity contribution in [2.45, 2.75) is 24.9 Å². The summed E-state index contributed by atoms with van der Waals surface area (Å²) in [4.78, 5) is 46.2. The van der Waals surface area contributed by atoms with E-state index < -0.39 is 59.9 Å². The number of rotatable bonds is 8. The highest BCUT2D eigenvalue weighted by Gasteiger charge is 2.42. The number of aromatic amines is 1. The lowest BCUT2D eigenvalue weighted by Crippen LogP contribution is -2.26. The molecule has 0 bridgehead atoms. The average Bonchev–Trinajstić information content (AvgIpc) is 2.96. The molecule has 19 heteroatoms. The van der Waals surface area contributed by atoms with Crippen LogP contribution in [0, 0.1) is 5.82 Å². The minimum absolute atomic E-state index is 0.172. The van der Waals surface area contributed by atoms with Crippen molar-refractivity contribution < 1.29 is 60.6 Å². The number of nitrogens with zero attached hydrogens (tertiary/aromatic N) is 1. The van der Waals surface area contributed by atoms with E-state index >= 15 is 0 Å². The fraction of sp³-hybridized carbons (Fsp3) is 0.625. The van der Waals surface area contributed by atoms with E-state index in [9.17, 15) is 32.9 Å². The second-order valence-corrected chi connectivity index (χ2v) is 9.56. The predicted molar refractivity (Wildman–Crippen MR) is 79.4 cm³/mol. The van der Waals surface area contributed by atoms with Crippen LogP contribution in [0.4, 0.5) is 4.39 Å². The van der Waals surface area contributed by atoms with Gasteiger partial charge in [0.1, 0.15) is 6.10 Å². The van der Waals surface area contributed by atoms with Crippen LogP contribution in [0.5, 0.6) is 0 Å². The van der Waals surface area contributed by atoms with Crippen molar-refractivity contribution in [1.82, 2.24) is 9.78 Å². The summed E-state index contributed by atoms with van der Waals surface area (Å²) in [6, 6.07) is 0. The van der Waals surface area contributed by atoms with Gasteiger partial charge in [0.25, 0.3) is 5.56 Å². The van der Waals surface area contributed by atoms with Gasteiger partial charge in [-0.05, 0) is 0 Å². The van der Waals surface area contributed by atoms with Gasteiger partial charge in [0.15, 0.2) is 6.23 Å². The first-order valence-electron chi connectivity index (χ1n) is 6.76. The third-order valence-corrected chi connectivity index (χ3v) is 6.83. The van der Waals surface area contributed by atoms with Gasteiger partial charge in [-0.25, -0.2) is 13.7 Å². The van der Waals surface area contributed by atoms with E-state index in [1.807, 2.05) is 0 Å². The number of hydrogen-bond acceptors (Lipinski definition) is 9. The molecule has 1 aromatic rings. The maximum Gasteiger partial charge on any atom is 0.490 e. The molecule has 15 nitrogen and oxygen atoms in total. The van der Waals surface area contributed by atoms with Crippen LogP contribution < -0.4 is 5.56 Å². The highest BCUT2D eigenvalue weighted by Crippen LogP contribution is 2.66. The Morgan fingerprint density at radius 1 is 1.22 bits per heavy atom. The van der Waals surface area contributed by atoms with Crippen molar-refractivity contribution in [3.63, 3.8) is 0 Å². The molecule has 2 heterocycles. The molecule has 1 fully saturated rings. The van der Waals surface area contributed by atoms with Crippen molar-refractivity contribution in [2.75, 3.05) is 6.61 Å². The van der Waals surface area contributed by atoms with Gasteiger partial charge in [-0.3, -0.25) is 19.1 Å². The van der Waals surface area contributed by atoms with Gasteiger partial charge in [0.2, 0.25) is 5.82 Å². The first-order valence-corrected chi connectivity index (χ1v) is 11.3. The maximum absolute atomic E-state index is 13.1. The Morgan fingerprint density at radius 2 is 1.85 bits per heavy atom. The maximum atomic E-state index is 13.1. The van der Waals surface area contributed by atoms with Gasteiger partial charge < -0.3 is 29.4 Å². The van der Waals surface area contributed by atoms with E-state index in [4.69, 9.17) is 19.4 Å². The molecule has 0 saturated carbocycles. The third kappa shape index (κ3) is 6.68. The molecule has 1 aromatic heterocycles. The minimum Gasteiger partial charge on any atom is -0.390 e. The van der Waals surface area contributed by atoms with E-state index in [-0.39, 0.29) is 6.42 Å². The number of aliphatic hydroxyl groups is 1. The Bertz CT molecular complexity index is 877. The van der Waals surface area contributed by atoms with E-state index in [0.717, 1.165) is 10.9 Å². The zero-order valence-corrected chi connectivity index (χ0v) is 15.6. The molecule has 1 saturated heterocycles. The molecule has 0 aromatic carbocycles. The van der Waals surface area contributed by atoms with Crippen molar-refractivity contribution in [1.29, 1.82) is 0 Å². The average molecular weight is 458 g/mol. The Morgan fingerprint density at radius 3 is 2.37 bits per heavy atom. The molecule has 27 heavy (non-hydrogen) atoms. The Balaban J connectivity index is 1.95. The summed E-state index contributed by atoms with van der Waals surface area (Å²) in [5.74, 6) is -1.11. The Kier molecular flexibility index (Phi) is 6.64. The summed E-state index contributed by atoms with van der Waals surface area (Å²) in [5, 5.41) is 11.9. The van der Waals surface area contributed by atoms with Gasteiger partial charge in [-0.2, -0.15) is 13.0 Å². The number of hydrogen-bond donors (Lipinski definition) is 6. The fourth-order valence-corrected chi connectivity index (χ4v) is 5.08. The summed E-state index contributed by atoms with van der Waals surface area (Å²) in [6.07, 6.45) is -3.06. The second kappa shape index (κ2) is 7.95. The minimum atomic E-state index is -5.66. The van der Waals surface area contributed by atoms with E-state index in [0.29, 0.717) is 0 Å². The predicted octanol–water partition coefficient (Wildman–Crippen LogP) is -0.693. The molecule has 6 N–H and O–H groups in total. The van der Waals surface area contributed by atoms with Crippen LogP contribution in [0.25, 0.3) is 0 Å². The van der Waals surface area contributed by atoms with Gasteiger partial charge in [0.05, 0.1) is 18.9 Å².